The van der Waals surface area contributed by atoms with Crippen LogP contribution in [0.3, 0.4) is 0 Å². The number of hydrogen-bond acceptors (Lipinski definition) is 5. The number of piperazine rings is 1. The monoisotopic (exact) mass is 306 g/mol. The fourth-order valence-electron chi connectivity index (χ4n) is 2.84. The van der Waals surface area contributed by atoms with Crippen LogP contribution in [-0.2, 0) is 4.79 Å². The summed E-state index contributed by atoms with van der Waals surface area (Å²) in [5.74, 6) is 0.0304. The van der Waals surface area contributed by atoms with Gasteiger partial charge < -0.3 is 16.2 Å². The third-order valence-corrected chi connectivity index (χ3v) is 4.13. The minimum Gasteiger partial charge on any atom is -0.399 e. The van der Waals surface area contributed by atoms with E-state index in [0.29, 0.717) is 12.2 Å². The van der Waals surface area contributed by atoms with E-state index in [1.54, 1.807) is 12.1 Å². The van der Waals surface area contributed by atoms with Crippen LogP contribution in [0.1, 0.15) is 13.3 Å². The Bertz CT molecular complexity index is 470. The summed E-state index contributed by atoms with van der Waals surface area (Å²) in [5, 5.41) is 11.9. The van der Waals surface area contributed by atoms with Crippen molar-refractivity contribution in [3.05, 3.63) is 24.3 Å². The van der Waals surface area contributed by atoms with Crippen molar-refractivity contribution < 1.29 is 9.90 Å². The van der Waals surface area contributed by atoms with Crippen molar-refractivity contribution >= 4 is 17.3 Å². The first-order valence-corrected chi connectivity index (χ1v) is 7.87. The zero-order valence-electron chi connectivity index (χ0n) is 13.2. The van der Waals surface area contributed by atoms with E-state index < -0.39 is 0 Å². The largest absolute Gasteiger partial charge is 0.399 e. The predicted molar refractivity (Wildman–Crippen MR) is 88.7 cm³/mol. The molecular weight excluding hydrogens is 280 g/mol. The maximum absolute atomic E-state index is 12.5. The van der Waals surface area contributed by atoms with Gasteiger partial charge in [0.25, 0.3) is 0 Å². The number of nitrogens with two attached hydrogens (primary N) is 1. The summed E-state index contributed by atoms with van der Waals surface area (Å²) >= 11 is 0. The highest BCUT2D eigenvalue weighted by Gasteiger charge is 2.27. The lowest BCUT2D eigenvalue weighted by Crippen LogP contribution is -2.53. The van der Waals surface area contributed by atoms with Gasteiger partial charge in [-0.3, -0.25) is 14.6 Å². The smallest absolute Gasteiger partial charge is 0.241 e. The van der Waals surface area contributed by atoms with E-state index in [-0.39, 0.29) is 18.6 Å². The Morgan fingerprint density at radius 1 is 1.27 bits per heavy atom. The van der Waals surface area contributed by atoms with Crippen molar-refractivity contribution in [3.63, 3.8) is 0 Å². The molecule has 1 unspecified atom stereocenters. The fourth-order valence-corrected chi connectivity index (χ4v) is 2.84. The number of benzene rings is 1. The van der Waals surface area contributed by atoms with Gasteiger partial charge in [-0.2, -0.15) is 0 Å². The normalized spacial score (nSPS) is 18.1. The van der Waals surface area contributed by atoms with Gasteiger partial charge in [0, 0.05) is 44.1 Å². The molecule has 1 aromatic rings. The molecule has 0 aliphatic carbocycles. The molecule has 0 aromatic heterocycles. The molecule has 0 spiro atoms. The highest BCUT2D eigenvalue weighted by molar-refractivity contribution is 5.94. The Hall–Kier alpha value is -1.63. The molecule has 1 aliphatic heterocycles. The Balaban J connectivity index is 1.90. The molecule has 122 valence electrons. The minimum atomic E-state index is -0.117. The van der Waals surface area contributed by atoms with E-state index in [0.717, 1.165) is 38.3 Å². The number of hydrogen-bond donors (Lipinski definition) is 3. The van der Waals surface area contributed by atoms with Crippen LogP contribution in [0.4, 0.5) is 11.4 Å². The Morgan fingerprint density at radius 2 is 1.91 bits per heavy atom. The number of rotatable bonds is 6. The molecule has 1 aromatic carbocycles. The molecule has 1 amide bonds. The molecule has 2 rings (SSSR count). The second-order valence-electron chi connectivity index (χ2n) is 5.64. The number of carbonyl (C=O) groups excluding carboxylic acids is 1. The summed E-state index contributed by atoms with van der Waals surface area (Å²) < 4.78 is 0. The van der Waals surface area contributed by atoms with Gasteiger partial charge in [0.15, 0.2) is 0 Å². The maximum Gasteiger partial charge on any atom is 0.241 e. The molecule has 1 aliphatic rings. The highest BCUT2D eigenvalue weighted by Crippen LogP contribution is 2.14. The lowest BCUT2D eigenvalue weighted by Gasteiger charge is -2.38. The van der Waals surface area contributed by atoms with Crippen molar-refractivity contribution in [2.24, 2.45) is 0 Å². The van der Waals surface area contributed by atoms with Crippen LogP contribution in [-0.4, -0.2) is 66.2 Å². The molecule has 0 radical (unpaired) electrons. The van der Waals surface area contributed by atoms with Crippen molar-refractivity contribution in [2.75, 3.05) is 50.4 Å². The molecule has 0 bridgehead atoms. The number of nitrogens with one attached hydrogen (secondary N) is 1. The third kappa shape index (κ3) is 4.43. The first-order valence-electron chi connectivity index (χ1n) is 7.87. The zero-order valence-corrected chi connectivity index (χ0v) is 13.2. The molecule has 1 heterocycles. The molecule has 1 atom stereocenters. The van der Waals surface area contributed by atoms with E-state index in [4.69, 9.17) is 10.8 Å². The van der Waals surface area contributed by atoms with E-state index in [9.17, 15) is 4.79 Å². The molecule has 1 saturated heterocycles. The molecule has 6 nitrogen and oxygen atoms in total. The van der Waals surface area contributed by atoms with Crippen LogP contribution < -0.4 is 11.1 Å². The van der Waals surface area contributed by atoms with Gasteiger partial charge in [-0.25, -0.2) is 0 Å². The van der Waals surface area contributed by atoms with E-state index in [1.165, 1.54) is 0 Å². The summed E-state index contributed by atoms with van der Waals surface area (Å²) in [6.07, 6.45) is 0.779. The van der Waals surface area contributed by atoms with Crippen LogP contribution in [0, 0.1) is 0 Å². The quantitative estimate of drug-likeness (QED) is 0.670. The second-order valence-corrected chi connectivity index (χ2v) is 5.64. The highest BCUT2D eigenvalue weighted by atomic mass is 16.3. The van der Waals surface area contributed by atoms with Crippen LogP contribution >= 0.6 is 0 Å². The van der Waals surface area contributed by atoms with Crippen LogP contribution in [0.2, 0.25) is 0 Å². The molecular formula is C16H26N4O2. The second kappa shape index (κ2) is 8.12. The van der Waals surface area contributed by atoms with Crippen molar-refractivity contribution in [1.82, 2.24) is 9.80 Å². The number of anilines is 2. The Labute approximate surface area is 131 Å². The average Bonchev–Trinajstić information content (AvgIpc) is 2.52. The number of aliphatic hydroxyl groups is 1. The minimum absolute atomic E-state index is 0.0304. The maximum atomic E-state index is 12.5. The van der Waals surface area contributed by atoms with E-state index in [2.05, 4.69) is 15.1 Å². The van der Waals surface area contributed by atoms with Crippen LogP contribution in [0.5, 0.6) is 0 Å². The number of β-amino-alcohol motifs (C(OH)–C–C–N with tert-alkyl or cyclic N) is 1. The van der Waals surface area contributed by atoms with Crippen LogP contribution in [0.15, 0.2) is 24.3 Å². The lowest BCUT2D eigenvalue weighted by atomic mass is 10.1. The summed E-state index contributed by atoms with van der Waals surface area (Å²) in [4.78, 5) is 16.9. The van der Waals surface area contributed by atoms with Crippen molar-refractivity contribution in [3.8, 4) is 0 Å². The van der Waals surface area contributed by atoms with Gasteiger partial charge in [-0.05, 0) is 30.7 Å². The van der Waals surface area contributed by atoms with Crippen molar-refractivity contribution in [2.45, 2.75) is 19.4 Å². The standard InChI is InChI=1S/C16H26N4O2/c1-2-15(20-9-7-19(8-10-20)11-12-21)16(22)18-14-5-3-13(17)4-6-14/h3-6,15,21H,2,7-12,17H2,1H3,(H,18,22). The summed E-state index contributed by atoms with van der Waals surface area (Å²) in [5.41, 5.74) is 7.11. The topological polar surface area (TPSA) is 81.8 Å². The van der Waals surface area contributed by atoms with Gasteiger partial charge in [0.1, 0.15) is 0 Å². The summed E-state index contributed by atoms with van der Waals surface area (Å²) in [6, 6.07) is 7.08. The van der Waals surface area contributed by atoms with E-state index in [1.807, 2.05) is 19.1 Å². The molecule has 1 fully saturated rings. The third-order valence-electron chi connectivity index (χ3n) is 4.13. The summed E-state index contributed by atoms with van der Waals surface area (Å²) in [7, 11) is 0. The number of carbonyl (C=O) groups is 1. The zero-order chi connectivity index (χ0) is 15.9. The molecule has 22 heavy (non-hydrogen) atoms. The van der Waals surface area contributed by atoms with Gasteiger partial charge in [-0.15, -0.1) is 0 Å². The number of nitrogen functional groups attached to an aromatic ring is 1. The Morgan fingerprint density at radius 3 is 2.45 bits per heavy atom. The number of amides is 1. The van der Waals surface area contributed by atoms with Gasteiger partial charge in [0.05, 0.1) is 12.6 Å². The predicted octanol–water partition coefficient (Wildman–Crippen LogP) is 0.596. The molecule has 4 N–H and O–H groups in total. The van der Waals surface area contributed by atoms with Gasteiger partial charge >= 0.3 is 0 Å². The summed E-state index contributed by atoms with van der Waals surface area (Å²) in [6.45, 7) is 6.43. The number of aliphatic hydroxyl groups excluding tert-OH is 1. The molecule has 0 saturated carbocycles. The first-order chi connectivity index (χ1) is 10.6. The first kappa shape index (κ1) is 16.7. The van der Waals surface area contributed by atoms with E-state index >= 15 is 0 Å². The van der Waals surface area contributed by atoms with Gasteiger partial charge in [0.2, 0.25) is 5.91 Å². The van der Waals surface area contributed by atoms with Crippen LogP contribution in [0.25, 0.3) is 0 Å². The van der Waals surface area contributed by atoms with Crippen molar-refractivity contribution in [1.29, 1.82) is 0 Å². The molecule has 6 heteroatoms. The van der Waals surface area contributed by atoms with Gasteiger partial charge in [-0.1, -0.05) is 6.92 Å². The Kier molecular flexibility index (Phi) is 6.18. The fraction of sp³-hybridized carbons (Fsp3) is 0.562. The average molecular weight is 306 g/mol. The SMILES string of the molecule is CCC(C(=O)Nc1ccc(N)cc1)N1CCN(CCO)CC1. The lowest BCUT2D eigenvalue weighted by molar-refractivity contribution is -0.122. The number of nitrogens with zero attached hydrogens (tertiary/aromatic N) is 2.